The molecule has 1 heterocycles. The monoisotopic (exact) mass is 333 g/mol. The molecule has 25 heavy (non-hydrogen) atoms. The summed E-state index contributed by atoms with van der Waals surface area (Å²) < 4.78 is 1.98. The molecule has 0 saturated carbocycles. The maximum atomic E-state index is 12.5. The molecule has 0 fully saturated rings. The molecule has 0 saturated heterocycles. The molecule has 4 nitrogen and oxygen atoms in total. The third-order valence-electron chi connectivity index (χ3n) is 4.14. The average Bonchev–Trinajstić information content (AvgIpc) is 3.14. The first-order valence-corrected chi connectivity index (χ1v) is 8.69. The second-order valence-electron chi connectivity index (χ2n) is 6.19. The van der Waals surface area contributed by atoms with Crippen LogP contribution in [0, 0.1) is 0 Å². The van der Waals surface area contributed by atoms with E-state index in [1.807, 2.05) is 47.2 Å². The fourth-order valence-electron chi connectivity index (χ4n) is 2.74. The molecule has 0 atom stereocenters. The van der Waals surface area contributed by atoms with Gasteiger partial charge < -0.3 is 9.88 Å². The summed E-state index contributed by atoms with van der Waals surface area (Å²) in [5.41, 5.74) is 3.86. The number of unbranched alkanes of at least 4 members (excludes halogenated alkanes) is 1. The number of rotatable bonds is 7. The van der Waals surface area contributed by atoms with E-state index in [2.05, 4.69) is 29.4 Å². The number of aryl methyl sites for hydroxylation is 1. The summed E-state index contributed by atoms with van der Waals surface area (Å²) in [4.78, 5) is 16.5. The van der Waals surface area contributed by atoms with Crippen molar-refractivity contribution in [1.29, 1.82) is 0 Å². The first-order valence-electron chi connectivity index (χ1n) is 8.69. The van der Waals surface area contributed by atoms with Gasteiger partial charge in [-0.05, 0) is 48.2 Å². The molecule has 3 rings (SSSR count). The van der Waals surface area contributed by atoms with Crippen LogP contribution >= 0.6 is 0 Å². The Kier molecular flexibility index (Phi) is 5.62. The van der Waals surface area contributed by atoms with Crippen LogP contribution < -0.4 is 5.32 Å². The van der Waals surface area contributed by atoms with Crippen LogP contribution in [0.1, 0.15) is 41.3 Å². The van der Waals surface area contributed by atoms with Gasteiger partial charge in [0.15, 0.2) is 0 Å². The van der Waals surface area contributed by atoms with E-state index in [1.165, 1.54) is 18.4 Å². The Morgan fingerprint density at radius 1 is 1.12 bits per heavy atom. The van der Waals surface area contributed by atoms with Crippen molar-refractivity contribution >= 4 is 11.6 Å². The van der Waals surface area contributed by atoms with Crippen LogP contribution in [0.5, 0.6) is 0 Å². The number of nitrogens with zero attached hydrogens (tertiary/aromatic N) is 2. The van der Waals surface area contributed by atoms with E-state index in [0.717, 1.165) is 17.7 Å². The summed E-state index contributed by atoms with van der Waals surface area (Å²) in [5, 5.41) is 2.97. The van der Waals surface area contributed by atoms with Crippen LogP contribution in [0.15, 0.2) is 67.3 Å². The Morgan fingerprint density at radius 3 is 2.68 bits per heavy atom. The number of amides is 1. The molecule has 0 radical (unpaired) electrons. The lowest BCUT2D eigenvalue weighted by Gasteiger charge is -2.08. The fraction of sp³-hybridized carbons (Fsp3) is 0.238. The van der Waals surface area contributed by atoms with E-state index < -0.39 is 0 Å². The third-order valence-corrected chi connectivity index (χ3v) is 4.14. The molecule has 2 aromatic carbocycles. The van der Waals surface area contributed by atoms with Crippen LogP contribution in [0.2, 0.25) is 0 Å². The molecule has 4 heteroatoms. The highest BCUT2D eigenvalue weighted by Gasteiger charge is 2.07. The van der Waals surface area contributed by atoms with E-state index in [1.54, 1.807) is 12.5 Å². The Labute approximate surface area is 148 Å². The minimum absolute atomic E-state index is 0.0891. The lowest BCUT2D eigenvalue weighted by atomic mass is 10.1. The van der Waals surface area contributed by atoms with Gasteiger partial charge >= 0.3 is 0 Å². The molecule has 0 unspecified atom stereocenters. The van der Waals surface area contributed by atoms with Gasteiger partial charge in [-0.2, -0.15) is 0 Å². The fourth-order valence-corrected chi connectivity index (χ4v) is 2.74. The van der Waals surface area contributed by atoms with Crippen molar-refractivity contribution in [2.45, 2.75) is 32.7 Å². The Morgan fingerprint density at radius 2 is 1.96 bits per heavy atom. The van der Waals surface area contributed by atoms with E-state index in [4.69, 9.17) is 0 Å². The quantitative estimate of drug-likeness (QED) is 0.690. The maximum Gasteiger partial charge on any atom is 0.255 e. The highest BCUT2D eigenvalue weighted by Crippen LogP contribution is 2.14. The molecule has 1 amide bonds. The van der Waals surface area contributed by atoms with Crippen molar-refractivity contribution in [2.24, 2.45) is 0 Å². The minimum Gasteiger partial charge on any atom is -0.333 e. The number of carbonyl (C=O) groups excluding carboxylic acids is 1. The lowest BCUT2D eigenvalue weighted by molar-refractivity contribution is 0.102. The van der Waals surface area contributed by atoms with Crippen molar-refractivity contribution in [3.05, 3.63) is 83.9 Å². The normalized spacial score (nSPS) is 10.6. The van der Waals surface area contributed by atoms with Gasteiger partial charge in [-0.15, -0.1) is 0 Å². The summed E-state index contributed by atoms with van der Waals surface area (Å²) >= 11 is 0. The predicted octanol–water partition coefficient (Wildman–Crippen LogP) is 4.53. The van der Waals surface area contributed by atoms with Crippen molar-refractivity contribution in [3.8, 4) is 0 Å². The molecular weight excluding hydrogens is 310 g/mol. The summed E-state index contributed by atoms with van der Waals surface area (Å²) in [6, 6.07) is 15.8. The maximum absolute atomic E-state index is 12.5. The van der Waals surface area contributed by atoms with Gasteiger partial charge in [0, 0.05) is 30.2 Å². The van der Waals surface area contributed by atoms with Crippen molar-refractivity contribution < 1.29 is 4.79 Å². The second-order valence-corrected chi connectivity index (χ2v) is 6.19. The van der Waals surface area contributed by atoms with Crippen LogP contribution in [0.3, 0.4) is 0 Å². The largest absolute Gasteiger partial charge is 0.333 e. The van der Waals surface area contributed by atoms with Crippen LogP contribution in [-0.4, -0.2) is 15.5 Å². The minimum atomic E-state index is -0.0891. The van der Waals surface area contributed by atoms with E-state index in [-0.39, 0.29) is 5.91 Å². The molecule has 0 spiro atoms. The van der Waals surface area contributed by atoms with Gasteiger partial charge in [0.2, 0.25) is 0 Å². The van der Waals surface area contributed by atoms with E-state index in [9.17, 15) is 4.79 Å². The van der Waals surface area contributed by atoms with Gasteiger partial charge in [-0.25, -0.2) is 4.98 Å². The first-order chi connectivity index (χ1) is 12.2. The van der Waals surface area contributed by atoms with Gasteiger partial charge in [-0.1, -0.05) is 37.6 Å². The predicted molar refractivity (Wildman–Crippen MR) is 101 cm³/mol. The van der Waals surface area contributed by atoms with Gasteiger partial charge in [0.05, 0.1) is 6.33 Å². The molecule has 1 N–H and O–H groups in total. The topological polar surface area (TPSA) is 46.9 Å². The highest BCUT2D eigenvalue weighted by atomic mass is 16.1. The molecule has 1 aromatic heterocycles. The van der Waals surface area contributed by atoms with Crippen molar-refractivity contribution in [1.82, 2.24) is 9.55 Å². The van der Waals surface area contributed by atoms with Gasteiger partial charge in [0.25, 0.3) is 5.91 Å². The molecule has 128 valence electrons. The third kappa shape index (κ3) is 4.80. The number of hydrogen-bond acceptors (Lipinski definition) is 2. The van der Waals surface area contributed by atoms with Crippen LogP contribution in [0.25, 0.3) is 0 Å². The Bertz CT molecular complexity index is 807. The summed E-state index contributed by atoms with van der Waals surface area (Å²) in [6.45, 7) is 2.89. The van der Waals surface area contributed by atoms with Gasteiger partial charge in [0.1, 0.15) is 0 Å². The molecule has 0 aliphatic heterocycles. The Hall–Kier alpha value is -2.88. The number of hydrogen-bond donors (Lipinski definition) is 1. The molecule has 0 bridgehead atoms. The van der Waals surface area contributed by atoms with Crippen LogP contribution in [-0.2, 0) is 13.0 Å². The lowest BCUT2D eigenvalue weighted by Crippen LogP contribution is -2.12. The van der Waals surface area contributed by atoms with Gasteiger partial charge in [-0.3, -0.25) is 4.79 Å². The first kappa shape index (κ1) is 17.0. The molecular formula is C21H23N3O. The number of carbonyl (C=O) groups is 1. The highest BCUT2D eigenvalue weighted by molar-refractivity contribution is 6.04. The zero-order valence-corrected chi connectivity index (χ0v) is 14.5. The SMILES string of the molecule is CCCCc1ccc(NC(=O)c2cccc(Cn3ccnc3)c2)cc1. The summed E-state index contributed by atoms with van der Waals surface area (Å²) in [5.74, 6) is -0.0891. The smallest absolute Gasteiger partial charge is 0.255 e. The van der Waals surface area contributed by atoms with Crippen LogP contribution in [0.4, 0.5) is 5.69 Å². The molecule has 0 aliphatic rings. The number of benzene rings is 2. The second kappa shape index (κ2) is 8.29. The average molecular weight is 333 g/mol. The number of anilines is 1. The zero-order valence-electron chi connectivity index (χ0n) is 14.5. The number of aromatic nitrogens is 2. The zero-order chi connectivity index (χ0) is 17.5. The van der Waals surface area contributed by atoms with E-state index in [0.29, 0.717) is 12.1 Å². The van der Waals surface area contributed by atoms with Crippen molar-refractivity contribution in [3.63, 3.8) is 0 Å². The summed E-state index contributed by atoms with van der Waals surface area (Å²) in [6.07, 6.45) is 8.89. The number of imidazole rings is 1. The summed E-state index contributed by atoms with van der Waals surface area (Å²) in [7, 11) is 0. The van der Waals surface area contributed by atoms with E-state index >= 15 is 0 Å². The number of nitrogens with one attached hydrogen (secondary N) is 1. The standard InChI is InChI=1S/C21H23N3O/c1-2-3-5-17-8-10-20(11-9-17)23-21(25)19-7-4-6-18(14-19)15-24-13-12-22-16-24/h4,6-14,16H,2-3,5,15H2,1H3,(H,23,25). The molecule has 0 aliphatic carbocycles. The molecule has 3 aromatic rings. The Balaban J connectivity index is 1.64. The van der Waals surface area contributed by atoms with Crippen molar-refractivity contribution in [2.75, 3.05) is 5.32 Å².